The summed E-state index contributed by atoms with van der Waals surface area (Å²) in [6.45, 7) is 5.87. The lowest BCUT2D eigenvalue weighted by atomic mass is 10.1. The van der Waals surface area contributed by atoms with Gasteiger partial charge in [0.25, 0.3) is 0 Å². The van der Waals surface area contributed by atoms with Crippen molar-refractivity contribution in [3.63, 3.8) is 0 Å². The van der Waals surface area contributed by atoms with E-state index in [1.165, 1.54) is 11.1 Å². The fourth-order valence-corrected chi connectivity index (χ4v) is 5.10. The number of hydrogen-bond acceptors (Lipinski definition) is 7. The van der Waals surface area contributed by atoms with E-state index >= 15 is 0 Å². The third-order valence-electron chi connectivity index (χ3n) is 4.88. The second-order valence-corrected chi connectivity index (χ2v) is 9.32. The van der Waals surface area contributed by atoms with Crippen LogP contribution in [0.25, 0.3) is 0 Å². The lowest BCUT2D eigenvalue weighted by Crippen LogP contribution is -2.43. The number of benzene rings is 2. The Balaban J connectivity index is 1.25. The predicted octanol–water partition coefficient (Wildman–Crippen LogP) is 4.84. The van der Waals surface area contributed by atoms with E-state index < -0.39 is 0 Å². The quantitative estimate of drug-likeness (QED) is 0.520. The molecule has 1 saturated heterocycles. The second-order valence-electron chi connectivity index (χ2n) is 7.07. The molecule has 5 nitrogen and oxygen atoms in total. The minimum absolute atomic E-state index is 0.222. The van der Waals surface area contributed by atoms with Crippen LogP contribution in [0.3, 0.4) is 0 Å². The summed E-state index contributed by atoms with van der Waals surface area (Å²) in [5.74, 6) is 0.894. The molecule has 1 atom stereocenters. The molecule has 1 N–H and O–H groups in total. The minimum atomic E-state index is 0.222. The molecule has 0 spiro atoms. The first-order chi connectivity index (χ1) is 14.3. The summed E-state index contributed by atoms with van der Waals surface area (Å²) >= 11 is 3.32. The highest BCUT2D eigenvalue weighted by Crippen LogP contribution is 2.29. The summed E-state index contributed by atoms with van der Waals surface area (Å²) in [6.07, 6.45) is 1.27. The van der Waals surface area contributed by atoms with Gasteiger partial charge in [0.15, 0.2) is 4.34 Å². The Morgan fingerprint density at radius 2 is 1.93 bits per heavy atom. The third-order valence-corrected chi connectivity index (χ3v) is 6.99. The van der Waals surface area contributed by atoms with Gasteiger partial charge in [-0.3, -0.25) is 4.90 Å². The SMILES string of the molecule is CCc1ccc(Nc2nnc(SC[C@H]3CN(Cc4ccccc4)CCO3)s2)cc1. The summed E-state index contributed by atoms with van der Waals surface area (Å²) in [4.78, 5) is 2.47. The number of hydrogen-bond donors (Lipinski definition) is 1. The first-order valence-corrected chi connectivity index (χ1v) is 11.8. The van der Waals surface area contributed by atoms with Gasteiger partial charge in [-0.25, -0.2) is 0 Å². The molecule has 0 amide bonds. The smallest absolute Gasteiger partial charge is 0.210 e. The van der Waals surface area contributed by atoms with Crippen molar-refractivity contribution in [2.24, 2.45) is 0 Å². The zero-order valence-corrected chi connectivity index (χ0v) is 18.2. The topological polar surface area (TPSA) is 50.3 Å². The maximum absolute atomic E-state index is 5.97. The van der Waals surface area contributed by atoms with Crippen molar-refractivity contribution in [2.75, 3.05) is 30.8 Å². The predicted molar refractivity (Wildman–Crippen MR) is 121 cm³/mol. The maximum atomic E-state index is 5.97. The van der Waals surface area contributed by atoms with Crippen LogP contribution >= 0.6 is 23.1 Å². The molecular formula is C22H26N4OS2. The lowest BCUT2D eigenvalue weighted by Gasteiger charge is -2.32. The van der Waals surface area contributed by atoms with Crippen molar-refractivity contribution in [2.45, 2.75) is 30.3 Å². The normalized spacial score (nSPS) is 17.3. The van der Waals surface area contributed by atoms with Crippen LogP contribution in [0.1, 0.15) is 18.1 Å². The molecule has 0 saturated carbocycles. The maximum Gasteiger partial charge on any atom is 0.210 e. The van der Waals surface area contributed by atoms with Gasteiger partial charge < -0.3 is 10.1 Å². The van der Waals surface area contributed by atoms with Gasteiger partial charge in [0, 0.05) is 31.1 Å². The molecule has 3 aromatic rings. The van der Waals surface area contributed by atoms with Gasteiger partial charge in [-0.15, -0.1) is 10.2 Å². The van der Waals surface area contributed by atoms with E-state index in [-0.39, 0.29) is 6.10 Å². The summed E-state index contributed by atoms with van der Waals surface area (Å²) in [5.41, 5.74) is 3.73. The molecule has 4 rings (SSSR count). The van der Waals surface area contributed by atoms with E-state index in [4.69, 9.17) is 4.74 Å². The highest BCUT2D eigenvalue weighted by atomic mass is 32.2. The Morgan fingerprint density at radius 1 is 1.10 bits per heavy atom. The Kier molecular flexibility index (Phi) is 7.16. The molecule has 29 heavy (non-hydrogen) atoms. The number of anilines is 2. The number of nitrogens with one attached hydrogen (secondary N) is 1. The van der Waals surface area contributed by atoms with E-state index in [1.807, 2.05) is 0 Å². The number of ether oxygens (including phenoxy) is 1. The number of nitrogens with zero attached hydrogens (tertiary/aromatic N) is 3. The van der Waals surface area contributed by atoms with Crippen molar-refractivity contribution >= 4 is 33.9 Å². The van der Waals surface area contributed by atoms with Gasteiger partial charge >= 0.3 is 0 Å². The molecule has 0 bridgehead atoms. The van der Waals surface area contributed by atoms with E-state index in [0.717, 1.165) is 53.6 Å². The minimum Gasteiger partial charge on any atom is -0.375 e. The zero-order chi connectivity index (χ0) is 19.9. The van der Waals surface area contributed by atoms with Gasteiger partial charge in [0.2, 0.25) is 5.13 Å². The third kappa shape index (κ3) is 6.02. The van der Waals surface area contributed by atoms with Crippen molar-refractivity contribution in [3.8, 4) is 0 Å². The van der Waals surface area contributed by atoms with Gasteiger partial charge in [0.05, 0.1) is 12.7 Å². The number of aromatic nitrogens is 2. The van der Waals surface area contributed by atoms with Gasteiger partial charge in [0.1, 0.15) is 0 Å². The molecule has 0 radical (unpaired) electrons. The molecule has 0 aliphatic carbocycles. The molecule has 7 heteroatoms. The monoisotopic (exact) mass is 426 g/mol. The van der Waals surface area contributed by atoms with Crippen LogP contribution in [0.2, 0.25) is 0 Å². The van der Waals surface area contributed by atoms with E-state index in [0.29, 0.717) is 0 Å². The highest BCUT2D eigenvalue weighted by Gasteiger charge is 2.21. The summed E-state index contributed by atoms with van der Waals surface area (Å²) in [7, 11) is 0. The van der Waals surface area contributed by atoms with Crippen LogP contribution in [0.4, 0.5) is 10.8 Å². The Labute approximate surface area is 180 Å². The van der Waals surface area contributed by atoms with Crippen LogP contribution in [0, 0.1) is 0 Å². The number of thioether (sulfide) groups is 1. The number of rotatable bonds is 8. The zero-order valence-electron chi connectivity index (χ0n) is 16.6. The van der Waals surface area contributed by atoms with Crippen LogP contribution in [0.15, 0.2) is 58.9 Å². The molecular weight excluding hydrogens is 400 g/mol. The molecule has 0 unspecified atom stereocenters. The first kappa shape index (κ1) is 20.3. The summed E-state index contributed by atoms with van der Waals surface area (Å²) in [5, 5.41) is 12.8. The number of aryl methyl sites for hydroxylation is 1. The van der Waals surface area contributed by atoms with Crippen LogP contribution < -0.4 is 5.32 Å². The van der Waals surface area contributed by atoms with Crippen molar-refractivity contribution in [1.82, 2.24) is 15.1 Å². The van der Waals surface area contributed by atoms with Gasteiger partial charge in [-0.2, -0.15) is 0 Å². The van der Waals surface area contributed by atoms with E-state index in [1.54, 1.807) is 23.1 Å². The second kappa shape index (κ2) is 10.2. The average molecular weight is 427 g/mol. The fraction of sp³-hybridized carbons (Fsp3) is 0.364. The molecule has 1 fully saturated rings. The molecule has 1 aliphatic heterocycles. The van der Waals surface area contributed by atoms with Crippen molar-refractivity contribution in [1.29, 1.82) is 0 Å². The molecule has 152 valence electrons. The van der Waals surface area contributed by atoms with Crippen LogP contribution in [-0.2, 0) is 17.7 Å². The molecule has 2 heterocycles. The fourth-order valence-electron chi connectivity index (χ4n) is 3.30. The molecule has 1 aliphatic rings. The standard InChI is InChI=1S/C22H26N4OS2/c1-2-17-8-10-19(11-9-17)23-21-24-25-22(29-21)28-16-20-15-26(12-13-27-20)14-18-6-4-3-5-7-18/h3-11,20H,2,12-16H2,1H3,(H,23,24)/t20-/m1/s1. The Bertz CT molecular complexity index is 885. The van der Waals surface area contributed by atoms with Crippen LogP contribution in [-0.4, -0.2) is 46.7 Å². The highest BCUT2D eigenvalue weighted by molar-refractivity contribution is 8.01. The van der Waals surface area contributed by atoms with E-state index in [9.17, 15) is 0 Å². The average Bonchev–Trinajstić information content (AvgIpc) is 3.21. The van der Waals surface area contributed by atoms with Crippen molar-refractivity contribution in [3.05, 3.63) is 65.7 Å². The molecule has 2 aromatic carbocycles. The Hall–Kier alpha value is -1.93. The molecule has 1 aromatic heterocycles. The van der Waals surface area contributed by atoms with Crippen LogP contribution in [0.5, 0.6) is 0 Å². The van der Waals surface area contributed by atoms with E-state index in [2.05, 4.69) is 81.9 Å². The Morgan fingerprint density at radius 3 is 2.72 bits per heavy atom. The largest absolute Gasteiger partial charge is 0.375 e. The lowest BCUT2D eigenvalue weighted by molar-refractivity contribution is -0.0187. The summed E-state index contributed by atoms with van der Waals surface area (Å²) in [6, 6.07) is 19.1. The number of morpholine rings is 1. The summed E-state index contributed by atoms with van der Waals surface area (Å²) < 4.78 is 6.94. The van der Waals surface area contributed by atoms with Crippen molar-refractivity contribution < 1.29 is 4.74 Å². The van der Waals surface area contributed by atoms with Gasteiger partial charge in [-0.1, -0.05) is 72.5 Å². The van der Waals surface area contributed by atoms with Gasteiger partial charge in [-0.05, 0) is 29.7 Å². The first-order valence-electron chi connectivity index (χ1n) is 9.98.